The summed E-state index contributed by atoms with van der Waals surface area (Å²) in [6, 6.07) is 13.0. The summed E-state index contributed by atoms with van der Waals surface area (Å²) in [5.41, 5.74) is 1.15. The zero-order valence-corrected chi connectivity index (χ0v) is 12.5. The second-order valence-electron chi connectivity index (χ2n) is 5.62. The van der Waals surface area contributed by atoms with Gasteiger partial charge in [-0.15, -0.1) is 0 Å². The van der Waals surface area contributed by atoms with Crippen molar-refractivity contribution in [3.05, 3.63) is 77.8 Å². The number of imidazole rings is 1. The predicted octanol–water partition coefficient (Wildman–Crippen LogP) is 3.62. The maximum Gasteiger partial charge on any atom is 0.226 e. The second-order valence-corrected chi connectivity index (χ2v) is 5.62. The highest BCUT2D eigenvalue weighted by atomic mass is 19.1. The Morgan fingerprint density at radius 3 is 2.46 bits per heavy atom. The Hall–Kier alpha value is -3.02. The largest absolute Gasteiger partial charge is 0.310 e. The first-order valence-corrected chi connectivity index (χ1v) is 7.51. The summed E-state index contributed by atoms with van der Waals surface area (Å²) in [5.74, 6) is -1.94. The molecule has 4 rings (SSSR count). The van der Waals surface area contributed by atoms with Crippen LogP contribution in [0.4, 0.5) is 14.6 Å². The van der Waals surface area contributed by atoms with Crippen LogP contribution in [0, 0.1) is 11.6 Å². The lowest BCUT2D eigenvalue weighted by Crippen LogP contribution is -2.26. The maximum absolute atomic E-state index is 14.2. The Kier molecular flexibility index (Phi) is 3.37. The monoisotopic (exact) mass is 325 g/mol. The van der Waals surface area contributed by atoms with Gasteiger partial charge < -0.3 is 5.32 Å². The molecule has 0 aliphatic carbocycles. The van der Waals surface area contributed by atoms with Crippen molar-refractivity contribution < 1.29 is 13.6 Å². The van der Waals surface area contributed by atoms with Crippen molar-refractivity contribution in [1.82, 2.24) is 9.55 Å². The van der Waals surface area contributed by atoms with Crippen LogP contribution < -0.4 is 5.32 Å². The van der Waals surface area contributed by atoms with E-state index in [9.17, 15) is 13.6 Å². The normalized spacial score (nSPS) is 16.6. The molecule has 0 bridgehead atoms. The van der Waals surface area contributed by atoms with Gasteiger partial charge in [-0.3, -0.25) is 9.36 Å². The first-order chi connectivity index (χ1) is 11.6. The van der Waals surface area contributed by atoms with Gasteiger partial charge in [0.25, 0.3) is 0 Å². The summed E-state index contributed by atoms with van der Waals surface area (Å²) >= 11 is 0. The number of halogens is 2. The molecule has 4 nitrogen and oxygen atoms in total. The van der Waals surface area contributed by atoms with E-state index in [0.29, 0.717) is 11.5 Å². The maximum atomic E-state index is 14.2. The lowest BCUT2D eigenvalue weighted by Gasteiger charge is -2.24. The van der Waals surface area contributed by atoms with E-state index in [1.54, 1.807) is 10.9 Å². The van der Waals surface area contributed by atoms with Crippen molar-refractivity contribution in [3.8, 4) is 5.69 Å². The van der Waals surface area contributed by atoms with Gasteiger partial charge in [0, 0.05) is 23.6 Å². The average Bonchev–Trinajstić information content (AvgIpc) is 2.99. The molecule has 6 heteroatoms. The van der Waals surface area contributed by atoms with E-state index in [0.717, 1.165) is 5.69 Å². The molecule has 0 saturated carbocycles. The van der Waals surface area contributed by atoms with Crippen molar-refractivity contribution in [1.29, 1.82) is 0 Å². The standard InChI is InChI=1S/C18H13F2N3O/c19-13-7-4-8-14(20)16(13)12-9-15(24)22-18-17(12)21-10-23(18)11-5-2-1-3-6-11/h1-8,10,12H,9H2,(H,22,24)/t12-/m1/s1. The third kappa shape index (κ3) is 2.27. The summed E-state index contributed by atoms with van der Waals surface area (Å²) in [5, 5.41) is 2.76. The first-order valence-electron chi connectivity index (χ1n) is 7.51. The Morgan fingerprint density at radius 1 is 1.04 bits per heavy atom. The smallest absolute Gasteiger partial charge is 0.226 e. The average molecular weight is 325 g/mol. The van der Waals surface area contributed by atoms with E-state index in [1.807, 2.05) is 30.3 Å². The number of carbonyl (C=O) groups excluding carboxylic acids is 1. The predicted molar refractivity (Wildman–Crippen MR) is 85.0 cm³/mol. The lowest BCUT2D eigenvalue weighted by molar-refractivity contribution is -0.116. The fourth-order valence-electron chi connectivity index (χ4n) is 3.07. The number of rotatable bonds is 2. The number of amides is 1. The minimum absolute atomic E-state index is 0.0450. The van der Waals surface area contributed by atoms with Crippen LogP contribution in [0.3, 0.4) is 0 Å². The van der Waals surface area contributed by atoms with Crippen LogP contribution in [0.15, 0.2) is 54.9 Å². The fraction of sp³-hybridized carbons (Fsp3) is 0.111. The third-order valence-corrected chi connectivity index (χ3v) is 4.16. The second kappa shape index (κ2) is 5.56. The number of hydrogen-bond acceptors (Lipinski definition) is 2. The lowest BCUT2D eigenvalue weighted by atomic mass is 9.89. The Bertz CT molecular complexity index is 901. The Morgan fingerprint density at radius 2 is 1.75 bits per heavy atom. The van der Waals surface area contributed by atoms with Crippen LogP contribution in [0.25, 0.3) is 5.69 Å². The van der Waals surface area contributed by atoms with Crippen LogP contribution in [0.1, 0.15) is 23.6 Å². The van der Waals surface area contributed by atoms with E-state index >= 15 is 0 Å². The summed E-state index contributed by atoms with van der Waals surface area (Å²) in [6.45, 7) is 0. The number of benzene rings is 2. The number of nitrogens with one attached hydrogen (secondary N) is 1. The van der Waals surface area contributed by atoms with E-state index in [1.165, 1.54) is 18.2 Å². The van der Waals surface area contributed by atoms with Gasteiger partial charge in [-0.05, 0) is 24.3 Å². The van der Waals surface area contributed by atoms with Gasteiger partial charge >= 0.3 is 0 Å². The molecule has 2 aromatic carbocycles. The van der Waals surface area contributed by atoms with Crippen LogP contribution in [-0.4, -0.2) is 15.5 Å². The van der Waals surface area contributed by atoms with Gasteiger partial charge in [-0.1, -0.05) is 24.3 Å². The number of aromatic nitrogens is 2. The minimum Gasteiger partial charge on any atom is -0.310 e. The molecule has 0 saturated heterocycles. The van der Waals surface area contributed by atoms with Crippen molar-refractivity contribution in [2.75, 3.05) is 5.32 Å². The third-order valence-electron chi connectivity index (χ3n) is 4.16. The highest BCUT2D eigenvalue weighted by Gasteiger charge is 2.34. The van der Waals surface area contributed by atoms with Gasteiger partial charge in [0.1, 0.15) is 23.8 Å². The number of nitrogens with zero attached hydrogens (tertiary/aromatic N) is 2. The van der Waals surface area contributed by atoms with Crippen molar-refractivity contribution >= 4 is 11.7 Å². The van der Waals surface area contributed by atoms with Crippen molar-refractivity contribution in [2.45, 2.75) is 12.3 Å². The van der Waals surface area contributed by atoms with E-state index in [-0.39, 0.29) is 17.9 Å². The van der Waals surface area contributed by atoms with Crippen LogP contribution in [0.5, 0.6) is 0 Å². The summed E-state index contributed by atoms with van der Waals surface area (Å²) < 4.78 is 30.1. The van der Waals surface area contributed by atoms with E-state index in [2.05, 4.69) is 10.3 Å². The molecule has 120 valence electrons. The zero-order chi connectivity index (χ0) is 16.7. The highest BCUT2D eigenvalue weighted by molar-refractivity contribution is 5.94. The molecule has 0 spiro atoms. The number of fused-ring (bicyclic) bond motifs is 1. The molecule has 24 heavy (non-hydrogen) atoms. The SMILES string of the molecule is O=C1C[C@H](c2c(F)cccc2F)c2ncn(-c3ccccc3)c2N1. The van der Waals surface area contributed by atoms with Crippen LogP contribution in [-0.2, 0) is 4.79 Å². The number of para-hydroxylation sites is 1. The molecule has 1 amide bonds. The topological polar surface area (TPSA) is 46.9 Å². The zero-order valence-electron chi connectivity index (χ0n) is 12.5. The van der Waals surface area contributed by atoms with Crippen molar-refractivity contribution in [2.24, 2.45) is 0 Å². The number of anilines is 1. The van der Waals surface area contributed by atoms with Gasteiger partial charge in [0.05, 0.1) is 5.69 Å². The first kappa shape index (κ1) is 14.6. The Balaban J connectivity index is 1.88. The molecule has 1 atom stereocenters. The van der Waals surface area contributed by atoms with E-state index < -0.39 is 17.6 Å². The van der Waals surface area contributed by atoms with Gasteiger partial charge in [0.2, 0.25) is 5.91 Å². The molecule has 0 unspecified atom stereocenters. The molecule has 0 fully saturated rings. The molecule has 1 N–H and O–H groups in total. The van der Waals surface area contributed by atoms with E-state index in [4.69, 9.17) is 0 Å². The minimum atomic E-state index is -0.750. The number of hydrogen-bond donors (Lipinski definition) is 1. The quantitative estimate of drug-likeness (QED) is 0.782. The van der Waals surface area contributed by atoms with Gasteiger partial charge in [-0.2, -0.15) is 0 Å². The van der Waals surface area contributed by atoms with Gasteiger partial charge in [-0.25, -0.2) is 13.8 Å². The highest BCUT2D eigenvalue weighted by Crippen LogP contribution is 2.39. The molecular weight excluding hydrogens is 312 g/mol. The molecule has 0 radical (unpaired) electrons. The molecule has 1 aliphatic heterocycles. The van der Waals surface area contributed by atoms with Crippen LogP contribution in [0.2, 0.25) is 0 Å². The summed E-state index contributed by atoms with van der Waals surface area (Å²) in [7, 11) is 0. The molecule has 1 aliphatic rings. The van der Waals surface area contributed by atoms with Gasteiger partial charge in [0.15, 0.2) is 0 Å². The molecule has 1 aromatic heterocycles. The van der Waals surface area contributed by atoms with Crippen LogP contribution >= 0.6 is 0 Å². The fourth-order valence-corrected chi connectivity index (χ4v) is 3.07. The molecular formula is C18H13F2N3O. The Labute approximate surface area is 136 Å². The summed E-state index contributed by atoms with van der Waals surface area (Å²) in [6.07, 6.45) is 1.51. The molecule has 3 aromatic rings. The van der Waals surface area contributed by atoms with Crippen molar-refractivity contribution in [3.63, 3.8) is 0 Å². The molecule has 2 heterocycles. The number of carbonyl (C=O) groups is 1. The summed E-state index contributed by atoms with van der Waals surface area (Å²) in [4.78, 5) is 16.4.